The second-order valence-electron chi connectivity index (χ2n) is 5.22. The van der Waals surface area contributed by atoms with Crippen LogP contribution in [0.3, 0.4) is 0 Å². The second kappa shape index (κ2) is 6.81. The lowest BCUT2D eigenvalue weighted by Gasteiger charge is -2.09. The minimum absolute atomic E-state index is 0.227. The van der Waals surface area contributed by atoms with Gasteiger partial charge in [-0.25, -0.2) is 9.67 Å². The zero-order chi connectivity index (χ0) is 15.5. The van der Waals surface area contributed by atoms with Crippen molar-refractivity contribution < 1.29 is 9.15 Å². The van der Waals surface area contributed by atoms with Gasteiger partial charge < -0.3 is 9.15 Å². The van der Waals surface area contributed by atoms with Crippen molar-refractivity contribution >= 4 is 23.1 Å². The van der Waals surface area contributed by atoms with E-state index in [1.165, 1.54) is 0 Å². The average Bonchev–Trinajstić information content (AvgIpc) is 3.34. The Labute approximate surface area is 141 Å². The van der Waals surface area contributed by atoms with Crippen LogP contribution in [0.2, 0.25) is 0 Å². The molecule has 0 radical (unpaired) electrons. The molecular formula is C14H15N5O2S2. The molecule has 0 bridgehead atoms. The fourth-order valence-corrected chi connectivity index (χ4v) is 4.12. The van der Waals surface area contributed by atoms with Crippen LogP contribution in [0.4, 0.5) is 0 Å². The van der Waals surface area contributed by atoms with Gasteiger partial charge in [-0.2, -0.15) is 0 Å². The molecule has 0 aliphatic carbocycles. The van der Waals surface area contributed by atoms with Crippen molar-refractivity contribution in [2.24, 2.45) is 0 Å². The van der Waals surface area contributed by atoms with Crippen molar-refractivity contribution in [2.45, 2.75) is 36.4 Å². The first-order chi connectivity index (χ1) is 11.4. The van der Waals surface area contributed by atoms with E-state index in [2.05, 4.69) is 25.9 Å². The molecule has 23 heavy (non-hydrogen) atoms. The number of rotatable bonds is 6. The number of hydrogen-bond donors (Lipinski definition) is 0. The molecule has 0 N–H and O–H groups in total. The normalized spacial score (nSPS) is 17.8. The van der Waals surface area contributed by atoms with E-state index in [4.69, 9.17) is 9.15 Å². The van der Waals surface area contributed by atoms with Gasteiger partial charge in [-0.3, -0.25) is 0 Å². The van der Waals surface area contributed by atoms with Gasteiger partial charge in [-0.1, -0.05) is 11.8 Å². The van der Waals surface area contributed by atoms with Gasteiger partial charge in [-0.05, 0) is 29.3 Å². The lowest BCUT2D eigenvalue weighted by molar-refractivity contribution is 0.0912. The highest BCUT2D eigenvalue weighted by molar-refractivity contribution is 7.98. The summed E-state index contributed by atoms with van der Waals surface area (Å²) < 4.78 is 12.6. The van der Waals surface area contributed by atoms with E-state index in [1.807, 2.05) is 10.7 Å². The van der Waals surface area contributed by atoms with Gasteiger partial charge in [-0.15, -0.1) is 16.4 Å². The molecule has 0 amide bonds. The van der Waals surface area contributed by atoms with E-state index in [9.17, 15) is 0 Å². The Balaban J connectivity index is 1.38. The van der Waals surface area contributed by atoms with Crippen LogP contribution in [0, 0.1) is 0 Å². The zero-order valence-electron chi connectivity index (χ0n) is 12.3. The van der Waals surface area contributed by atoms with Gasteiger partial charge in [0.15, 0.2) is 0 Å². The number of tetrazole rings is 1. The largest absolute Gasteiger partial charge is 0.472 e. The second-order valence-corrected chi connectivity index (χ2v) is 7.02. The molecule has 0 spiro atoms. The first kappa shape index (κ1) is 14.9. The third-order valence-electron chi connectivity index (χ3n) is 3.57. The maximum absolute atomic E-state index is 5.64. The van der Waals surface area contributed by atoms with Gasteiger partial charge >= 0.3 is 0 Å². The summed E-state index contributed by atoms with van der Waals surface area (Å²) in [4.78, 5) is 4.62. The molecule has 3 aromatic heterocycles. The molecule has 1 aliphatic heterocycles. The van der Waals surface area contributed by atoms with Crippen molar-refractivity contribution in [3.8, 4) is 10.6 Å². The summed E-state index contributed by atoms with van der Waals surface area (Å²) in [6.07, 6.45) is 5.78. The van der Waals surface area contributed by atoms with Crippen molar-refractivity contribution in [1.82, 2.24) is 25.2 Å². The molecule has 0 aromatic carbocycles. The maximum atomic E-state index is 5.64. The van der Waals surface area contributed by atoms with Crippen molar-refractivity contribution in [2.75, 3.05) is 6.61 Å². The minimum Gasteiger partial charge on any atom is -0.472 e. The highest BCUT2D eigenvalue weighted by Crippen LogP contribution is 2.27. The van der Waals surface area contributed by atoms with Crippen molar-refractivity contribution in [3.05, 3.63) is 29.7 Å². The summed E-state index contributed by atoms with van der Waals surface area (Å²) in [5, 5.41) is 15.8. The first-order valence-corrected chi connectivity index (χ1v) is 9.22. The van der Waals surface area contributed by atoms with Crippen molar-refractivity contribution in [1.29, 1.82) is 0 Å². The molecule has 0 saturated carbocycles. The van der Waals surface area contributed by atoms with Crippen molar-refractivity contribution in [3.63, 3.8) is 0 Å². The smallest absolute Gasteiger partial charge is 0.209 e. The molecule has 3 aromatic rings. The van der Waals surface area contributed by atoms with Crippen LogP contribution in [0.5, 0.6) is 0 Å². The fraction of sp³-hybridized carbons (Fsp3) is 0.429. The summed E-state index contributed by atoms with van der Waals surface area (Å²) in [6.45, 7) is 1.55. The number of thioether (sulfide) groups is 1. The number of thiazole rings is 1. The van der Waals surface area contributed by atoms with Crippen LogP contribution in [-0.2, 0) is 17.0 Å². The molecule has 0 unspecified atom stereocenters. The molecule has 7 nitrogen and oxygen atoms in total. The third kappa shape index (κ3) is 3.46. The summed E-state index contributed by atoms with van der Waals surface area (Å²) in [7, 11) is 0. The molecule has 1 aliphatic rings. The Morgan fingerprint density at radius 1 is 1.43 bits per heavy atom. The van der Waals surface area contributed by atoms with E-state index in [0.29, 0.717) is 6.54 Å². The summed E-state index contributed by atoms with van der Waals surface area (Å²) in [5.74, 6) is 0.736. The minimum atomic E-state index is 0.227. The Morgan fingerprint density at radius 2 is 2.43 bits per heavy atom. The van der Waals surface area contributed by atoms with Crippen LogP contribution in [-0.4, -0.2) is 37.9 Å². The maximum Gasteiger partial charge on any atom is 0.209 e. The van der Waals surface area contributed by atoms with Gasteiger partial charge in [0.1, 0.15) is 11.3 Å². The average molecular weight is 349 g/mol. The topological polar surface area (TPSA) is 78.9 Å². The molecule has 4 rings (SSSR count). The molecule has 1 saturated heterocycles. The predicted octanol–water partition coefficient (Wildman–Crippen LogP) is 2.86. The number of hydrogen-bond acceptors (Lipinski definition) is 8. The Kier molecular flexibility index (Phi) is 4.40. The number of nitrogens with zero attached hydrogens (tertiary/aromatic N) is 5. The summed E-state index contributed by atoms with van der Waals surface area (Å²) in [6, 6.07) is 1.91. The molecule has 1 atom stereocenters. The molecular weight excluding hydrogens is 334 g/mol. The van der Waals surface area contributed by atoms with E-state index in [-0.39, 0.29) is 6.10 Å². The highest BCUT2D eigenvalue weighted by atomic mass is 32.2. The van der Waals surface area contributed by atoms with Gasteiger partial charge in [0, 0.05) is 23.3 Å². The van der Waals surface area contributed by atoms with Crippen LogP contribution < -0.4 is 0 Å². The van der Waals surface area contributed by atoms with E-state index in [0.717, 1.165) is 46.6 Å². The predicted molar refractivity (Wildman–Crippen MR) is 86.2 cm³/mol. The molecule has 120 valence electrons. The monoisotopic (exact) mass is 349 g/mol. The molecule has 9 heteroatoms. The third-order valence-corrected chi connectivity index (χ3v) is 5.50. The van der Waals surface area contributed by atoms with Crippen LogP contribution in [0.15, 0.2) is 33.5 Å². The van der Waals surface area contributed by atoms with Crippen LogP contribution in [0.1, 0.15) is 18.5 Å². The molecule has 1 fully saturated rings. The number of ether oxygens (including phenoxy) is 1. The van der Waals surface area contributed by atoms with Gasteiger partial charge in [0.05, 0.1) is 24.6 Å². The van der Waals surface area contributed by atoms with E-state index < -0.39 is 0 Å². The standard InChI is InChI=1S/C14H15N5O2S2/c1-2-12(21-4-1)6-19-14(16-17-18-19)23-9-11-8-22-13(15-11)10-3-5-20-7-10/h3,5,7-8,12H,1-2,4,6,9H2/t12-/m1/s1. The first-order valence-electron chi connectivity index (χ1n) is 7.36. The van der Waals surface area contributed by atoms with Crippen LogP contribution in [0.25, 0.3) is 10.6 Å². The lowest BCUT2D eigenvalue weighted by atomic mass is 10.2. The van der Waals surface area contributed by atoms with E-state index >= 15 is 0 Å². The Hall–Kier alpha value is -1.71. The fourth-order valence-electron chi connectivity index (χ4n) is 2.43. The quantitative estimate of drug-likeness (QED) is 0.633. The lowest BCUT2D eigenvalue weighted by Crippen LogP contribution is -2.16. The SMILES string of the molecule is c1cc(-c2nc(CSc3nnnn3C[C@H]3CCCO3)cs2)co1. The highest BCUT2D eigenvalue weighted by Gasteiger charge is 2.19. The van der Waals surface area contributed by atoms with Crippen LogP contribution >= 0.6 is 23.1 Å². The van der Waals surface area contributed by atoms with Gasteiger partial charge in [0.2, 0.25) is 5.16 Å². The Morgan fingerprint density at radius 3 is 3.26 bits per heavy atom. The van der Waals surface area contributed by atoms with E-state index in [1.54, 1.807) is 35.6 Å². The molecule has 4 heterocycles. The Bertz CT molecular complexity index is 749. The zero-order valence-corrected chi connectivity index (χ0v) is 13.9. The van der Waals surface area contributed by atoms with Gasteiger partial charge in [0.25, 0.3) is 0 Å². The number of furan rings is 1. The number of aromatic nitrogens is 5. The summed E-state index contributed by atoms with van der Waals surface area (Å²) in [5.41, 5.74) is 2.03. The summed E-state index contributed by atoms with van der Waals surface area (Å²) >= 11 is 3.20.